The van der Waals surface area contributed by atoms with Crippen molar-refractivity contribution in [3.8, 4) is 17.3 Å². The number of hydrogen-bond acceptors (Lipinski definition) is 6. The van der Waals surface area contributed by atoms with Gasteiger partial charge in [0.05, 0.1) is 11.8 Å². The van der Waals surface area contributed by atoms with Crippen molar-refractivity contribution in [2.75, 3.05) is 6.54 Å². The van der Waals surface area contributed by atoms with Gasteiger partial charge in [-0.15, -0.1) is 0 Å². The summed E-state index contributed by atoms with van der Waals surface area (Å²) in [7, 11) is 0. The maximum absolute atomic E-state index is 6.06. The lowest BCUT2D eigenvalue weighted by molar-refractivity contribution is 0.206. The molecular formula is C21H22ClN5O. The van der Waals surface area contributed by atoms with E-state index in [1.807, 2.05) is 32.2 Å². The minimum atomic E-state index is 0.0314. The summed E-state index contributed by atoms with van der Waals surface area (Å²) in [5.41, 5.74) is 4.13. The van der Waals surface area contributed by atoms with Crippen molar-refractivity contribution in [3.05, 3.63) is 64.8 Å². The number of rotatable bonds is 5. The predicted octanol–water partition coefficient (Wildman–Crippen LogP) is 3.93. The van der Waals surface area contributed by atoms with E-state index < -0.39 is 0 Å². The van der Waals surface area contributed by atoms with Gasteiger partial charge >= 0.3 is 0 Å². The van der Waals surface area contributed by atoms with Crippen LogP contribution in [-0.4, -0.2) is 37.5 Å². The Bertz CT molecular complexity index is 947. The Morgan fingerprint density at radius 3 is 2.79 bits per heavy atom. The summed E-state index contributed by atoms with van der Waals surface area (Å²) in [6, 6.07) is 7.70. The zero-order valence-electron chi connectivity index (χ0n) is 16.0. The first-order valence-corrected chi connectivity index (χ1v) is 9.76. The average molecular weight is 396 g/mol. The summed E-state index contributed by atoms with van der Waals surface area (Å²) in [6.45, 7) is 6.55. The molecule has 4 heterocycles. The molecule has 0 spiro atoms. The van der Waals surface area contributed by atoms with E-state index >= 15 is 0 Å². The van der Waals surface area contributed by atoms with Gasteiger partial charge in [-0.05, 0) is 37.6 Å². The summed E-state index contributed by atoms with van der Waals surface area (Å²) in [4.78, 5) is 20.3. The molecule has 144 valence electrons. The highest BCUT2D eigenvalue weighted by Crippen LogP contribution is 2.30. The van der Waals surface area contributed by atoms with E-state index in [2.05, 4.69) is 20.9 Å². The molecule has 6 nitrogen and oxygen atoms in total. The third-order valence-corrected chi connectivity index (χ3v) is 4.79. The fourth-order valence-electron chi connectivity index (χ4n) is 3.28. The molecule has 0 radical (unpaired) electrons. The van der Waals surface area contributed by atoms with Gasteiger partial charge in [-0.2, -0.15) is 4.98 Å². The van der Waals surface area contributed by atoms with Crippen LogP contribution in [0.1, 0.15) is 30.7 Å². The van der Waals surface area contributed by atoms with Crippen LogP contribution in [0.15, 0.2) is 42.9 Å². The summed E-state index contributed by atoms with van der Waals surface area (Å²) in [5.74, 6) is 1.28. The second-order valence-corrected chi connectivity index (χ2v) is 7.52. The molecule has 0 atom stereocenters. The van der Waals surface area contributed by atoms with E-state index in [4.69, 9.17) is 26.3 Å². The number of halogens is 1. The summed E-state index contributed by atoms with van der Waals surface area (Å²) in [5, 5.41) is 0.450. The largest absolute Gasteiger partial charge is 0.475 e. The Morgan fingerprint density at radius 2 is 2.07 bits per heavy atom. The van der Waals surface area contributed by atoms with Crippen LogP contribution in [-0.2, 0) is 19.5 Å². The second-order valence-electron chi connectivity index (χ2n) is 7.14. The van der Waals surface area contributed by atoms with Crippen LogP contribution in [0.4, 0.5) is 0 Å². The monoisotopic (exact) mass is 395 g/mol. The number of pyridine rings is 2. The van der Waals surface area contributed by atoms with Crippen LogP contribution in [0.2, 0.25) is 5.15 Å². The van der Waals surface area contributed by atoms with Crippen molar-refractivity contribution < 1.29 is 4.74 Å². The SMILES string of the molecule is CC(C)Oc1nc(-c2ccc(Cl)nc2)nc2c1CN(Cc1cccnc1)CC2. The molecular weight excluding hydrogens is 374 g/mol. The fraction of sp³-hybridized carbons (Fsp3) is 0.333. The van der Waals surface area contributed by atoms with Gasteiger partial charge in [0.25, 0.3) is 0 Å². The third-order valence-electron chi connectivity index (χ3n) is 4.56. The van der Waals surface area contributed by atoms with Crippen molar-refractivity contribution >= 4 is 11.6 Å². The Hall–Kier alpha value is -2.57. The quantitative estimate of drug-likeness (QED) is 0.610. The molecule has 1 aliphatic rings. The Morgan fingerprint density at radius 1 is 1.18 bits per heavy atom. The molecule has 0 saturated carbocycles. The lowest BCUT2D eigenvalue weighted by atomic mass is 10.1. The highest BCUT2D eigenvalue weighted by molar-refractivity contribution is 6.29. The lowest BCUT2D eigenvalue weighted by Gasteiger charge is -2.29. The molecule has 0 bridgehead atoms. The van der Waals surface area contributed by atoms with Gasteiger partial charge in [0.15, 0.2) is 5.82 Å². The van der Waals surface area contributed by atoms with Crippen molar-refractivity contribution in [2.24, 2.45) is 0 Å². The first-order valence-electron chi connectivity index (χ1n) is 9.38. The van der Waals surface area contributed by atoms with Crippen molar-refractivity contribution in [1.29, 1.82) is 0 Å². The molecule has 0 aliphatic carbocycles. The molecule has 0 N–H and O–H groups in total. The minimum Gasteiger partial charge on any atom is -0.475 e. The van der Waals surface area contributed by atoms with Crippen LogP contribution >= 0.6 is 11.6 Å². The molecule has 0 saturated heterocycles. The van der Waals surface area contributed by atoms with Gasteiger partial charge in [0.2, 0.25) is 5.88 Å². The van der Waals surface area contributed by atoms with Gasteiger partial charge < -0.3 is 4.74 Å². The maximum atomic E-state index is 6.06. The first kappa shape index (κ1) is 18.8. The Kier molecular flexibility index (Phi) is 5.50. The van der Waals surface area contributed by atoms with E-state index in [9.17, 15) is 0 Å². The van der Waals surface area contributed by atoms with Gasteiger partial charge in [-0.3, -0.25) is 9.88 Å². The summed E-state index contributed by atoms with van der Waals surface area (Å²) in [6.07, 6.45) is 6.28. The van der Waals surface area contributed by atoms with Crippen molar-refractivity contribution in [1.82, 2.24) is 24.8 Å². The van der Waals surface area contributed by atoms with Crippen molar-refractivity contribution in [2.45, 2.75) is 39.5 Å². The standard InChI is InChI=1S/C21H22ClN5O/c1-14(2)28-21-17-13-27(12-15-4-3-8-23-10-15)9-7-18(17)25-20(26-21)16-5-6-19(22)24-11-16/h3-6,8,10-11,14H,7,9,12-13H2,1-2H3. The number of ether oxygens (including phenoxy) is 1. The summed E-state index contributed by atoms with van der Waals surface area (Å²) < 4.78 is 6.06. The smallest absolute Gasteiger partial charge is 0.222 e. The van der Waals surface area contributed by atoms with Crippen LogP contribution in [0, 0.1) is 0 Å². The molecule has 7 heteroatoms. The van der Waals surface area contributed by atoms with Gasteiger partial charge in [-0.1, -0.05) is 17.7 Å². The topological polar surface area (TPSA) is 64.0 Å². The lowest BCUT2D eigenvalue weighted by Crippen LogP contribution is -2.32. The van der Waals surface area contributed by atoms with E-state index in [0.29, 0.717) is 16.9 Å². The van der Waals surface area contributed by atoms with E-state index in [0.717, 1.165) is 42.9 Å². The molecule has 0 amide bonds. The van der Waals surface area contributed by atoms with Crippen LogP contribution in [0.25, 0.3) is 11.4 Å². The number of aromatic nitrogens is 4. The molecule has 3 aromatic rings. The van der Waals surface area contributed by atoms with E-state index in [-0.39, 0.29) is 6.10 Å². The molecule has 0 aromatic carbocycles. The number of hydrogen-bond donors (Lipinski definition) is 0. The Labute approximate surface area is 169 Å². The van der Waals surface area contributed by atoms with E-state index in [1.54, 1.807) is 18.5 Å². The molecule has 28 heavy (non-hydrogen) atoms. The van der Waals surface area contributed by atoms with Gasteiger partial charge in [0, 0.05) is 55.8 Å². The van der Waals surface area contributed by atoms with Crippen LogP contribution in [0.3, 0.4) is 0 Å². The molecule has 0 fully saturated rings. The minimum absolute atomic E-state index is 0.0314. The zero-order chi connectivity index (χ0) is 19.5. The van der Waals surface area contributed by atoms with Gasteiger partial charge in [0.1, 0.15) is 5.15 Å². The molecule has 3 aromatic heterocycles. The normalized spacial score (nSPS) is 14.1. The fourth-order valence-corrected chi connectivity index (χ4v) is 3.39. The van der Waals surface area contributed by atoms with Crippen LogP contribution < -0.4 is 4.74 Å². The van der Waals surface area contributed by atoms with Gasteiger partial charge in [-0.25, -0.2) is 9.97 Å². The number of fused-ring (bicyclic) bond motifs is 1. The van der Waals surface area contributed by atoms with E-state index in [1.165, 1.54) is 5.56 Å². The highest BCUT2D eigenvalue weighted by atomic mass is 35.5. The summed E-state index contributed by atoms with van der Waals surface area (Å²) >= 11 is 5.91. The number of nitrogens with zero attached hydrogens (tertiary/aromatic N) is 5. The predicted molar refractivity (Wildman–Crippen MR) is 108 cm³/mol. The molecule has 0 unspecified atom stereocenters. The zero-order valence-corrected chi connectivity index (χ0v) is 16.7. The maximum Gasteiger partial charge on any atom is 0.222 e. The second kappa shape index (κ2) is 8.20. The molecule has 1 aliphatic heterocycles. The molecule has 4 rings (SSSR count). The average Bonchev–Trinajstić information content (AvgIpc) is 2.69. The van der Waals surface area contributed by atoms with Crippen molar-refractivity contribution in [3.63, 3.8) is 0 Å². The highest BCUT2D eigenvalue weighted by Gasteiger charge is 2.24. The third kappa shape index (κ3) is 4.29. The Balaban J connectivity index is 1.65. The van der Waals surface area contributed by atoms with Crippen LogP contribution in [0.5, 0.6) is 5.88 Å². The first-order chi connectivity index (χ1) is 13.6.